The van der Waals surface area contributed by atoms with Crippen molar-refractivity contribution in [2.45, 2.75) is 106 Å². The van der Waals surface area contributed by atoms with Crippen LogP contribution in [0.15, 0.2) is 41.1 Å². The van der Waals surface area contributed by atoms with Gasteiger partial charge in [0.05, 0.1) is 6.20 Å². The van der Waals surface area contributed by atoms with Crippen LogP contribution in [0.3, 0.4) is 0 Å². The molecule has 3 rings (SSSR count). The molecule has 0 bridgehead atoms. The van der Waals surface area contributed by atoms with Gasteiger partial charge in [-0.25, -0.2) is 9.97 Å². The van der Waals surface area contributed by atoms with E-state index in [0.717, 1.165) is 50.2 Å². The Morgan fingerprint density at radius 1 is 1.00 bits per heavy atom. The highest BCUT2D eigenvalue weighted by Crippen LogP contribution is 2.22. The number of nitrogens with one attached hydrogen (secondary N) is 1. The summed E-state index contributed by atoms with van der Waals surface area (Å²) in [6.45, 7) is 14.1. The van der Waals surface area contributed by atoms with Gasteiger partial charge in [-0.2, -0.15) is 0 Å². The second-order valence-corrected chi connectivity index (χ2v) is 12.6. The first-order valence-electron chi connectivity index (χ1n) is 13.7. The number of rotatable bonds is 12. The van der Waals surface area contributed by atoms with Gasteiger partial charge >= 0.3 is 0 Å². The van der Waals surface area contributed by atoms with Crippen molar-refractivity contribution in [3.05, 3.63) is 64.3 Å². The molecule has 0 radical (unpaired) electrons. The second kappa shape index (κ2) is 15.6. The summed E-state index contributed by atoms with van der Waals surface area (Å²) in [4.78, 5) is 32.5. The maximum Gasteiger partial charge on any atom is 0.226 e. The molecule has 212 valence electrons. The highest BCUT2D eigenvalue weighted by molar-refractivity contribution is 7.15. The van der Waals surface area contributed by atoms with E-state index in [1.807, 2.05) is 12.4 Å². The summed E-state index contributed by atoms with van der Waals surface area (Å²) < 4.78 is 5.74. The largest absolute Gasteiger partial charge is 0.445 e. The molecule has 38 heavy (non-hydrogen) atoms. The van der Waals surface area contributed by atoms with E-state index < -0.39 is 0 Å². The summed E-state index contributed by atoms with van der Waals surface area (Å²) >= 11 is 1.56. The fraction of sp³-hybridized carbons (Fsp3) is 0.548. The third kappa shape index (κ3) is 13.1. The summed E-state index contributed by atoms with van der Waals surface area (Å²) in [6, 6.07) is 8.48. The Morgan fingerprint density at radius 2 is 1.68 bits per heavy atom. The molecule has 3 aromatic rings. The average molecular weight is 544 g/mol. The number of Topliss-reactive ketones (excluding diaryl/α,β-unsaturated/α-hetero) is 1. The summed E-state index contributed by atoms with van der Waals surface area (Å²) in [5, 5.41) is 3.62. The van der Waals surface area contributed by atoms with Crippen LogP contribution < -0.4 is 5.32 Å². The maximum absolute atomic E-state index is 12.2. The number of thiazole rings is 1. The molecule has 6 nitrogen and oxygen atoms in total. The first kappa shape index (κ1) is 31.4. The molecule has 0 aliphatic rings. The molecule has 2 heterocycles. The van der Waals surface area contributed by atoms with Crippen molar-refractivity contribution >= 4 is 28.2 Å². The molecule has 0 aliphatic carbocycles. The minimum Gasteiger partial charge on any atom is -0.445 e. The summed E-state index contributed by atoms with van der Waals surface area (Å²) in [7, 11) is 0. The number of ketones is 1. The topological polar surface area (TPSA) is 85.1 Å². The van der Waals surface area contributed by atoms with Gasteiger partial charge in [0.25, 0.3) is 0 Å². The molecule has 0 saturated carbocycles. The predicted octanol–water partition coefficient (Wildman–Crippen LogP) is 8.59. The number of amides is 1. The molecule has 0 aliphatic heterocycles. The smallest absolute Gasteiger partial charge is 0.226 e. The number of aryl methyl sites for hydroxylation is 4. The van der Waals surface area contributed by atoms with Crippen LogP contribution in [0, 0.1) is 12.3 Å². The lowest BCUT2D eigenvalue weighted by Crippen LogP contribution is -2.11. The fourth-order valence-electron chi connectivity index (χ4n) is 3.90. The zero-order chi connectivity index (χ0) is 28.1. The van der Waals surface area contributed by atoms with Crippen LogP contribution in [0.2, 0.25) is 0 Å². The van der Waals surface area contributed by atoms with E-state index >= 15 is 0 Å². The van der Waals surface area contributed by atoms with Crippen molar-refractivity contribution in [1.29, 1.82) is 0 Å². The van der Waals surface area contributed by atoms with E-state index in [1.165, 1.54) is 16.0 Å². The number of carbonyl (C=O) groups is 2. The molecule has 1 aromatic carbocycles. The highest BCUT2D eigenvalue weighted by atomic mass is 32.1. The molecule has 0 fully saturated rings. The van der Waals surface area contributed by atoms with Crippen LogP contribution in [0.1, 0.15) is 110 Å². The Balaban J connectivity index is 0.00000133. The van der Waals surface area contributed by atoms with Gasteiger partial charge in [0, 0.05) is 39.1 Å². The second-order valence-electron chi connectivity index (χ2n) is 11.5. The van der Waals surface area contributed by atoms with Crippen molar-refractivity contribution in [2.75, 3.05) is 5.32 Å². The number of hydrogen-bond donors (Lipinski definition) is 1. The lowest BCUT2D eigenvalue weighted by atomic mass is 9.91. The van der Waals surface area contributed by atoms with E-state index in [-0.39, 0.29) is 20.0 Å². The zero-order valence-electron chi connectivity index (χ0n) is 24.2. The van der Waals surface area contributed by atoms with Gasteiger partial charge in [-0.05, 0) is 56.9 Å². The first-order valence-corrected chi connectivity index (χ1v) is 14.5. The van der Waals surface area contributed by atoms with E-state index in [9.17, 15) is 9.59 Å². The highest BCUT2D eigenvalue weighted by Gasteiger charge is 2.12. The molecular weight excluding hydrogens is 494 g/mol. The van der Waals surface area contributed by atoms with Crippen molar-refractivity contribution in [1.82, 2.24) is 9.97 Å². The van der Waals surface area contributed by atoms with Crippen molar-refractivity contribution < 1.29 is 16.9 Å². The molecule has 1 amide bonds. The van der Waals surface area contributed by atoms with Crippen molar-refractivity contribution in [2.24, 2.45) is 5.41 Å². The van der Waals surface area contributed by atoms with Gasteiger partial charge in [0.1, 0.15) is 11.5 Å². The van der Waals surface area contributed by atoms with Gasteiger partial charge in [0.2, 0.25) is 5.91 Å². The third-order valence-corrected chi connectivity index (χ3v) is 6.75. The molecular formula is C31H49N3O3S. The van der Waals surface area contributed by atoms with Crippen LogP contribution in [-0.2, 0) is 28.9 Å². The predicted molar refractivity (Wildman–Crippen MR) is 161 cm³/mol. The Labute approximate surface area is 235 Å². The van der Waals surface area contributed by atoms with E-state index in [2.05, 4.69) is 81.1 Å². The summed E-state index contributed by atoms with van der Waals surface area (Å²) in [5.74, 6) is 2.46. The van der Waals surface area contributed by atoms with Crippen molar-refractivity contribution in [3.63, 3.8) is 0 Å². The Bertz CT molecular complexity index is 1140. The van der Waals surface area contributed by atoms with E-state index in [0.29, 0.717) is 23.9 Å². The van der Waals surface area contributed by atoms with Gasteiger partial charge < -0.3 is 14.5 Å². The van der Waals surface area contributed by atoms with E-state index in [4.69, 9.17) is 4.42 Å². The van der Waals surface area contributed by atoms with Gasteiger partial charge in [-0.15, -0.1) is 11.3 Å². The molecule has 0 unspecified atom stereocenters. The summed E-state index contributed by atoms with van der Waals surface area (Å²) in [5.41, 5.74) is 2.70. The number of hydrogen-bond acceptors (Lipinski definition) is 6. The lowest BCUT2D eigenvalue weighted by molar-refractivity contribution is -0.118. The number of oxazole rings is 1. The molecule has 0 atom stereocenters. The first-order chi connectivity index (χ1) is 17.9. The number of nitrogens with zero attached hydrogens (tertiary/aromatic N) is 2. The normalized spacial score (nSPS) is 11.3. The molecule has 7 heteroatoms. The summed E-state index contributed by atoms with van der Waals surface area (Å²) in [6.07, 6.45) is 10.5. The van der Waals surface area contributed by atoms with Gasteiger partial charge in [-0.3, -0.25) is 4.79 Å². The molecule has 0 spiro atoms. The number of benzene rings is 1. The Morgan fingerprint density at radius 3 is 2.26 bits per heavy atom. The molecule has 2 aromatic heterocycles. The number of unbranched alkanes of at least 4 members (excludes halogenated alkanes) is 1. The third-order valence-electron chi connectivity index (χ3n) is 5.77. The zero-order valence-corrected chi connectivity index (χ0v) is 25.0. The average Bonchev–Trinajstić information content (AvgIpc) is 3.46. The van der Waals surface area contributed by atoms with Crippen LogP contribution in [-0.4, -0.2) is 21.7 Å². The molecule has 0 saturated heterocycles. The Kier molecular flexibility index (Phi) is 12.9. The van der Waals surface area contributed by atoms with Crippen LogP contribution in [0.25, 0.3) is 0 Å². The van der Waals surface area contributed by atoms with Crippen LogP contribution in [0.5, 0.6) is 0 Å². The van der Waals surface area contributed by atoms with Gasteiger partial charge in [-0.1, -0.05) is 64.4 Å². The lowest BCUT2D eigenvalue weighted by Gasteiger charge is -2.14. The maximum atomic E-state index is 12.2. The number of aromatic nitrogens is 2. The number of anilines is 1. The number of carbonyl (C=O) groups excluding carboxylic acids is 2. The minimum atomic E-state index is 0. The van der Waals surface area contributed by atoms with Gasteiger partial charge in [0.15, 0.2) is 11.0 Å². The Hall–Kier alpha value is -2.80. The fourth-order valence-corrected chi connectivity index (χ4v) is 4.77. The molecule has 1 N–H and O–H groups in total. The van der Waals surface area contributed by atoms with E-state index in [1.54, 1.807) is 18.3 Å². The van der Waals surface area contributed by atoms with Crippen molar-refractivity contribution in [3.8, 4) is 0 Å². The monoisotopic (exact) mass is 543 g/mol. The SMILES string of the molecule is CC(=O)CC(C)(C)C.Cc1ccc(CCCC(=O)Nc2ncc(CCCCc3ncc(C(C)C)o3)s2)cc1.[HH].[HH]. The van der Waals surface area contributed by atoms with Crippen LogP contribution >= 0.6 is 11.3 Å². The van der Waals surface area contributed by atoms with Crippen LogP contribution in [0.4, 0.5) is 5.13 Å². The quantitative estimate of drug-likeness (QED) is 0.231. The minimum absolute atomic E-state index is 0. The standard InChI is InChI=1S/C24H31N3O2S.C7H14O.2H2/c1-17(2)21-16-25-23(29-21)10-5-4-8-20-15-26-24(30-20)27-22(28)9-6-7-19-13-11-18(3)12-14-19;1-6(8)5-7(2,3)4;;/h11-17H,4-10H2,1-3H3,(H,26,27,28);5H2,1-4H3;2*1H.